The predicted molar refractivity (Wildman–Crippen MR) is 81.0 cm³/mol. The van der Waals surface area contributed by atoms with Crippen LogP contribution in [-0.2, 0) is 17.7 Å². The first kappa shape index (κ1) is 14.3. The summed E-state index contributed by atoms with van der Waals surface area (Å²) >= 11 is 1.16. The molecule has 0 spiro atoms. The third-order valence-corrected chi connectivity index (χ3v) is 3.81. The summed E-state index contributed by atoms with van der Waals surface area (Å²) in [5, 5.41) is 3.81. The maximum absolute atomic E-state index is 11.6. The largest absolute Gasteiger partial charge is 0.465 e. The first-order valence-electron chi connectivity index (χ1n) is 6.30. The number of benzene rings is 1. The monoisotopic (exact) mass is 291 g/mol. The summed E-state index contributed by atoms with van der Waals surface area (Å²) in [7, 11) is 1.33. The van der Waals surface area contributed by atoms with E-state index in [2.05, 4.69) is 40.9 Å². The van der Waals surface area contributed by atoms with Crippen molar-refractivity contribution in [2.45, 2.75) is 19.9 Å². The molecule has 0 radical (unpaired) electrons. The molecule has 2 aromatic rings. The fourth-order valence-corrected chi connectivity index (χ4v) is 2.49. The molecule has 0 aliphatic heterocycles. The highest BCUT2D eigenvalue weighted by molar-refractivity contribution is 7.11. The van der Waals surface area contributed by atoms with Crippen LogP contribution in [0.2, 0.25) is 0 Å². The topological polar surface area (TPSA) is 77.2 Å². The molecule has 3 N–H and O–H groups in total. The van der Waals surface area contributed by atoms with E-state index < -0.39 is 5.97 Å². The van der Waals surface area contributed by atoms with Gasteiger partial charge in [-0.2, -0.15) is 4.37 Å². The Labute approximate surface area is 121 Å². The summed E-state index contributed by atoms with van der Waals surface area (Å²) < 4.78 is 8.69. The van der Waals surface area contributed by atoms with Crippen LogP contribution in [0.4, 0.5) is 10.8 Å². The molecule has 106 valence electrons. The van der Waals surface area contributed by atoms with Crippen LogP contribution >= 0.6 is 11.5 Å². The molecule has 0 fully saturated rings. The van der Waals surface area contributed by atoms with Gasteiger partial charge in [0.1, 0.15) is 10.6 Å². The first-order valence-corrected chi connectivity index (χ1v) is 7.08. The molecule has 1 aromatic heterocycles. The molecule has 0 aliphatic carbocycles. The molecular formula is C14H17N3O2S. The van der Waals surface area contributed by atoms with Crippen molar-refractivity contribution in [3.05, 3.63) is 41.0 Å². The molecule has 0 amide bonds. The molecule has 0 saturated heterocycles. The van der Waals surface area contributed by atoms with E-state index in [-0.39, 0.29) is 5.82 Å². The van der Waals surface area contributed by atoms with E-state index in [9.17, 15) is 4.79 Å². The molecule has 2 rings (SSSR count). The number of nitrogens with two attached hydrogens (primary N) is 1. The van der Waals surface area contributed by atoms with Gasteiger partial charge in [-0.3, -0.25) is 0 Å². The minimum Gasteiger partial charge on any atom is -0.465 e. The SMILES string of the molecule is CCc1ccc(CNc2snc(N)c2C(=O)OC)cc1. The fourth-order valence-electron chi connectivity index (χ4n) is 1.80. The van der Waals surface area contributed by atoms with Crippen molar-refractivity contribution in [2.24, 2.45) is 0 Å². The number of rotatable bonds is 5. The number of esters is 1. The van der Waals surface area contributed by atoms with Crippen molar-refractivity contribution < 1.29 is 9.53 Å². The lowest BCUT2D eigenvalue weighted by Crippen LogP contribution is -2.08. The van der Waals surface area contributed by atoms with Crippen LogP contribution in [0, 0.1) is 0 Å². The van der Waals surface area contributed by atoms with Gasteiger partial charge in [0.25, 0.3) is 0 Å². The normalized spacial score (nSPS) is 10.3. The molecule has 0 atom stereocenters. The first-order chi connectivity index (χ1) is 9.65. The minimum atomic E-state index is -0.472. The van der Waals surface area contributed by atoms with Gasteiger partial charge >= 0.3 is 5.97 Å². The maximum atomic E-state index is 11.6. The van der Waals surface area contributed by atoms with E-state index in [0.717, 1.165) is 23.5 Å². The van der Waals surface area contributed by atoms with Crippen molar-refractivity contribution in [2.75, 3.05) is 18.2 Å². The zero-order valence-corrected chi connectivity index (χ0v) is 12.3. The van der Waals surface area contributed by atoms with E-state index in [1.165, 1.54) is 12.7 Å². The standard InChI is InChI=1S/C14H17N3O2S/c1-3-9-4-6-10(7-5-9)8-16-13-11(14(18)19-2)12(15)17-20-13/h4-7,16H,3,8H2,1-2H3,(H2,15,17). The van der Waals surface area contributed by atoms with Gasteiger partial charge in [-0.1, -0.05) is 31.2 Å². The third-order valence-electron chi connectivity index (χ3n) is 2.99. The van der Waals surface area contributed by atoms with Crippen molar-refractivity contribution in [1.82, 2.24) is 4.37 Å². The van der Waals surface area contributed by atoms with E-state index in [4.69, 9.17) is 10.5 Å². The molecule has 0 unspecified atom stereocenters. The second-order valence-electron chi connectivity index (χ2n) is 4.29. The highest BCUT2D eigenvalue weighted by Gasteiger charge is 2.19. The zero-order valence-electron chi connectivity index (χ0n) is 11.5. The summed E-state index contributed by atoms with van der Waals surface area (Å²) in [6.45, 7) is 2.73. The molecule has 0 bridgehead atoms. The smallest absolute Gasteiger partial charge is 0.344 e. The number of hydrogen-bond donors (Lipinski definition) is 2. The number of hydrogen-bond acceptors (Lipinski definition) is 6. The van der Waals surface area contributed by atoms with Gasteiger partial charge < -0.3 is 15.8 Å². The van der Waals surface area contributed by atoms with Crippen LogP contribution in [0.15, 0.2) is 24.3 Å². The molecule has 5 nitrogen and oxygen atoms in total. The van der Waals surface area contributed by atoms with Crippen LogP contribution in [0.3, 0.4) is 0 Å². The Kier molecular flexibility index (Phi) is 4.57. The number of ether oxygens (including phenoxy) is 1. The third kappa shape index (κ3) is 3.08. The zero-order chi connectivity index (χ0) is 14.5. The van der Waals surface area contributed by atoms with Crippen LogP contribution in [0.5, 0.6) is 0 Å². The van der Waals surface area contributed by atoms with Crippen LogP contribution < -0.4 is 11.1 Å². The molecular weight excluding hydrogens is 274 g/mol. The molecule has 1 aromatic carbocycles. The van der Waals surface area contributed by atoms with Gasteiger partial charge in [0.2, 0.25) is 0 Å². The van der Waals surface area contributed by atoms with E-state index in [1.807, 2.05) is 0 Å². The molecule has 1 heterocycles. The van der Waals surface area contributed by atoms with Gasteiger partial charge in [0.05, 0.1) is 7.11 Å². The van der Waals surface area contributed by atoms with E-state index >= 15 is 0 Å². The highest BCUT2D eigenvalue weighted by Crippen LogP contribution is 2.27. The lowest BCUT2D eigenvalue weighted by Gasteiger charge is -2.06. The fraction of sp³-hybridized carbons (Fsp3) is 0.286. The van der Waals surface area contributed by atoms with E-state index in [1.54, 1.807) is 0 Å². The number of nitrogens with one attached hydrogen (secondary N) is 1. The van der Waals surface area contributed by atoms with Gasteiger partial charge in [-0.05, 0) is 29.1 Å². The quantitative estimate of drug-likeness (QED) is 0.828. The van der Waals surface area contributed by atoms with Crippen molar-refractivity contribution >= 4 is 28.3 Å². The summed E-state index contributed by atoms with van der Waals surface area (Å²) in [6, 6.07) is 8.32. The number of nitrogens with zero attached hydrogens (tertiary/aromatic N) is 1. The van der Waals surface area contributed by atoms with Crippen molar-refractivity contribution in [3.8, 4) is 0 Å². The van der Waals surface area contributed by atoms with Gasteiger partial charge in [-0.25, -0.2) is 4.79 Å². The second kappa shape index (κ2) is 6.38. The Morgan fingerprint density at radius 2 is 2.00 bits per heavy atom. The van der Waals surface area contributed by atoms with Crippen LogP contribution in [0.1, 0.15) is 28.4 Å². The number of carbonyl (C=O) groups is 1. The van der Waals surface area contributed by atoms with Crippen molar-refractivity contribution in [3.63, 3.8) is 0 Å². The summed E-state index contributed by atoms with van der Waals surface area (Å²) in [6.07, 6.45) is 1.02. The van der Waals surface area contributed by atoms with Gasteiger partial charge in [-0.15, -0.1) is 0 Å². The maximum Gasteiger partial charge on any atom is 0.344 e. The molecule has 6 heteroatoms. The molecule has 0 saturated carbocycles. The second-order valence-corrected chi connectivity index (χ2v) is 5.06. The number of aryl methyl sites for hydroxylation is 1. The van der Waals surface area contributed by atoms with Gasteiger partial charge in [0.15, 0.2) is 5.82 Å². The Hall–Kier alpha value is -2.08. The Balaban J connectivity index is 2.08. The molecule has 20 heavy (non-hydrogen) atoms. The number of aromatic nitrogens is 1. The lowest BCUT2D eigenvalue weighted by atomic mass is 10.1. The van der Waals surface area contributed by atoms with Gasteiger partial charge in [0, 0.05) is 6.54 Å². The Morgan fingerprint density at radius 1 is 1.35 bits per heavy atom. The predicted octanol–water partition coefficient (Wildman–Crippen LogP) is 2.69. The Bertz CT molecular complexity index is 593. The minimum absolute atomic E-state index is 0.200. The number of anilines is 2. The number of nitrogen functional groups attached to an aromatic ring is 1. The average Bonchev–Trinajstić information content (AvgIpc) is 2.86. The highest BCUT2D eigenvalue weighted by atomic mass is 32.1. The lowest BCUT2D eigenvalue weighted by molar-refractivity contribution is 0.0603. The van der Waals surface area contributed by atoms with Crippen molar-refractivity contribution in [1.29, 1.82) is 0 Å². The van der Waals surface area contributed by atoms with Crippen LogP contribution in [-0.4, -0.2) is 17.5 Å². The Morgan fingerprint density at radius 3 is 2.60 bits per heavy atom. The summed E-state index contributed by atoms with van der Waals surface area (Å²) in [4.78, 5) is 11.6. The number of carbonyl (C=O) groups excluding carboxylic acids is 1. The molecule has 0 aliphatic rings. The average molecular weight is 291 g/mol. The number of methoxy groups -OCH3 is 1. The summed E-state index contributed by atoms with van der Waals surface area (Å²) in [5.74, 6) is -0.272. The summed E-state index contributed by atoms with van der Waals surface area (Å²) in [5.41, 5.74) is 8.42. The van der Waals surface area contributed by atoms with E-state index in [0.29, 0.717) is 17.1 Å². The van der Waals surface area contributed by atoms with Crippen LogP contribution in [0.25, 0.3) is 0 Å².